The molecule has 0 unspecified atom stereocenters. The number of aryl methyl sites for hydroxylation is 1. The van der Waals surface area contributed by atoms with Gasteiger partial charge in [0.1, 0.15) is 0 Å². The molecule has 1 saturated carbocycles. The van der Waals surface area contributed by atoms with E-state index < -0.39 is 5.97 Å². The van der Waals surface area contributed by atoms with E-state index in [-0.39, 0.29) is 5.92 Å². The minimum atomic E-state index is -0.631. The lowest BCUT2D eigenvalue weighted by Gasteiger charge is -2.26. The molecule has 2 rings (SSSR count). The first-order valence-electron chi connectivity index (χ1n) is 6.52. The van der Waals surface area contributed by atoms with Crippen molar-refractivity contribution in [3.05, 3.63) is 16.1 Å². The molecule has 0 saturated heterocycles. The summed E-state index contributed by atoms with van der Waals surface area (Å²) in [5.41, 5.74) is 3.03. The Morgan fingerprint density at radius 3 is 2.78 bits per heavy atom. The third-order valence-corrected chi connectivity index (χ3v) is 4.70. The van der Waals surface area contributed by atoms with Crippen LogP contribution in [-0.4, -0.2) is 28.6 Å². The van der Waals surface area contributed by atoms with Crippen molar-refractivity contribution < 1.29 is 9.90 Å². The summed E-state index contributed by atoms with van der Waals surface area (Å²) in [6, 6.07) is 0.494. The molecule has 5 heteroatoms. The van der Waals surface area contributed by atoms with Gasteiger partial charge in [0, 0.05) is 17.5 Å². The van der Waals surface area contributed by atoms with Crippen molar-refractivity contribution in [2.45, 2.75) is 45.1 Å². The normalized spacial score (nSPS) is 24.1. The van der Waals surface area contributed by atoms with Crippen molar-refractivity contribution in [3.63, 3.8) is 0 Å². The SMILES string of the molecule is Cc1ncsc1CCNC1CCC(C(=O)O)CC1. The Hall–Kier alpha value is -0.940. The van der Waals surface area contributed by atoms with Gasteiger partial charge in [0.25, 0.3) is 0 Å². The van der Waals surface area contributed by atoms with Gasteiger partial charge in [-0.2, -0.15) is 0 Å². The summed E-state index contributed by atoms with van der Waals surface area (Å²) in [4.78, 5) is 16.4. The van der Waals surface area contributed by atoms with Crippen molar-refractivity contribution in [1.82, 2.24) is 10.3 Å². The summed E-state index contributed by atoms with van der Waals surface area (Å²) in [7, 11) is 0. The van der Waals surface area contributed by atoms with Crippen molar-refractivity contribution in [1.29, 1.82) is 0 Å². The molecular formula is C13H20N2O2S. The molecule has 18 heavy (non-hydrogen) atoms. The maximum absolute atomic E-state index is 10.8. The molecule has 1 heterocycles. The van der Waals surface area contributed by atoms with Gasteiger partial charge in [-0.15, -0.1) is 11.3 Å². The smallest absolute Gasteiger partial charge is 0.306 e. The van der Waals surface area contributed by atoms with Crippen LogP contribution in [0.2, 0.25) is 0 Å². The Morgan fingerprint density at radius 1 is 1.50 bits per heavy atom. The number of aromatic nitrogens is 1. The highest BCUT2D eigenvalue weighted by Crippen LogP contribution is 2.24. The van der Waals surface area contributed by atoms with Gasteiger partial charge in [0.15, 0.2) is 0 Å². The standard InChI is InChI=1S/C13H20N2O2S/c1-9-12(18-8-15-9)6-7-14-11-4-2-10(3-5-11)13(16)17/h8,10-11,14H,2-7H2,1H3,(H,16,17). The first kappa shape index (κ1) is 13.5. The third-order valence-electron chi connectivity index (χ3n) is 3.71. The van der Waals surface area contributed by atoms with Crippen LogP contribution in [-0.2, 0) is 11.2 Å². The highest BCUT2D eigenvalue weighted by molar-refractivity contribution is 7.09. The Balaban J connectivity index is 1.67. The molecule has 0 aromatic carbocycles. The Morgan fingerprint density at radius 2 is 2.22 bits per heavy atom. The van der Waals surface area contributed by atoms with Crippen molar-refractivity contribution in [2.75, 3.05) is 6.54 Å². The molecule has 1 aromatic heterocycles. The fraction of sp³-hybridized carbons (Fsp3) is 0.692. The predicted octanol–water partition coefficient (Wildman–Crippen LogP) is 2.23. The number of rotatable bonds is 5. The summed E-state index contributed by atoms with van der Waals surface area (Å²) < 4.78 is 0. The van der Waals surface area contributed by atoms with Crippen molar-refractivity contribution in [2.24, 2.45) is 5.92 Å². The number of carboxylic acids is 1. The predicted molar refractivity (Wildman–Crippen MR) is 71.9 cm³/mol. The number of hydrogen-bond donors (Lipinski definition) is 2. The molecule has 0 spiro atoms. The van der Waals surface area contributed by atoms with E-state index in [0.29, 0.717) is 6.04 Å². The van der Waals surface area contributed by atoms with Crippen LogP contribution in [0.15, 0.2) is 5.51 Å². The minimum absolute atomic E-state index is 0.119. The van der Waals surface area contributed by atoms with Gasteiger partial charge >= 0.3 is 5.97 Å². The van der Waals surface area contributed by atoms with Crippen LogP contribution in [0.4, 0.5) is 0 Å². The monoisotopic (exact) mass is 268 g/mol. The molecule has 0 bridgehead atoms. The van der Waals surface area contributed by atoms with Gasteiger partial charge in [0.2, 0.25) is 0 Å². The number of hydrogen-bond acceptors (Lipinski definition) is 4. The molecule has 0 amide bonds. The number of thiazole rings is 1. The summed E-state index contributed by atoms with van der Waals surface area (Å²) >= 11 is 1.71. The van der Waals surface area contributed by atoms with Gasteiger partial charge in [-0.1, -0.05) is 0 Å². The molecule has 4 nitrogen and oxygen atoms in total. The molecule has 0 atom stereocenters. The molecule has 0 aliphatic heterocycles. The molecule has 0 radical (unpaired) electrons. The molecule has 100 valence electrons. The maximum atomic E-state index is 10.8. The number of carbonyl (C=O) groups is 1. The summed E-state index contributed by atoms with van der Waals surface area (Å²) in [5, 5.41) is 12.5. The minimum Gasteiger partial charge on any atom is -0.481 e. The van der Waals surface area contributed by atoms with Gasteiger partial charge in [-0.25, -0.2) is 4.98 Å². The zero-order chi connectivity index (χ0) is 13.0. The van der Waals surface area contributed by atoms with E-state index in [1.165, 1.54) is 4.88 Å². The van der Waals surface area contributed by atoms with Crippen LogP contribution in [0.3, 0.4) is 0 Å². The average molecular weight is 268 g/mol. The first-order chi connectivity index (χ1) is 8.66. The van der Waals surface area contributed by atoms with Crippen molar-refractivity contribution >= 4 is 17.3 Å². The zero-order valence-electron chi connectivity index (χ0n) is 10.7. The van der Waals surface area contributed by atoms with Crippen LogP contribution in [0, 0.1) is 12.8 Å². The lowest BCUT2D eigenvalue weighted by atomic mass is 9.86. The molecule has 1 aliphatic rings. The molecule has 2 N–H and O–H groups in total. The van der Waals surface area contributed by atoms with E-state index in [9.17, 15) is 4.79 Å². The average Bonchev–Trinajstić information content (AvgIpc) is 2.76. The second-order valence-corrected chi connectivity index (χ2v) is 5.89. The maximum Gasteiger partial charge on any atom is 0.306 e. The van der Waals surface area contributed by atoms with Gasteiger partial charge < -0.3 is 10.4 Å². The van der Waals surface area contributed by atoms with E-state index in [1.54, 1.807) is 11.3 Å². The third kappa shape index (κ3) is 3.53. The van der Waals surface area contributed by atoms with Gasteiger partial charge in [-0.3, -0.25) is 4.79 Å². The highest BCUT2D eigenvalue weighted by Gasteiger charge is 2.25. The number of carboxylic acid groups (broad SMARTS) is 1. The Bertz CT molecular complexity index is 397. The Kier molecular flexibility index (Phi) is 4.72. The summed E-state index contributed by atoms with van der Waals surface area (Å²) in [6.07, 6.45) is 4.62. The quantitative estimate of drug-likeness (QED) is 0.859. The number of nitrogens with one attached hydrogen (secondary N) is 1. The van der Waals surface area contributed by atoms with Crippen LogP contribution in [0.25, 0.3) is 0 Å². The van der Waals surface area contributed by atoms with Gasteiger partial charge in [-0.05, 0) is 39.0 Å². The fourth-order valence-electron chi connectivity index (χ4n) is 2.50. The van der Waals surface area contributed by atoms with Crippen LogP contribution < -0.4 is 5.32 Å². The first-order valence-corrected chi connectivity index (χ1v) is 7.40. The van der Waals surface area contributed by atoms with E-state index in [4.69, 9.17) is 5.11 Å². The number of nitrogens with zero attached hydrogens (tertiary/aromatic N) is 1. The van der Waals surface area contributed by atoms with Crippen LogP contribution in [0.1, 0.15) is 36.3 Å². The fourth-order valence-corrected chi connectivity index (χ4v) is 3.28. The highest BCUT2D eigenvalue weighted by atomic mass is 32.1. The number of aliphatic carboxylic acids is 1. The topological polar surface area (TPSA) is 62.2 Å². The van der Waals surface area contributed by atoms with Crippen LogP contribution in [0.5, 0.6) is 0 Å². The van der Waals surface area contributed by atoms with E-state index in [1.807, 2.05) is 12.4 Å². The van der Waals surface area contributed by atoms with E-state index in [0.717, 1.165) is 44.3 Å². The molecule has 1 aromatic rings. The Labute approximate surface area is 111 Å². The molecule has 1 fully saturated rings. The molecule has 1 aliphatic carbocycles. The lowest BCUT2D eigenvalue weighted by molar-refractivity contribution is -0.142. The zero-order valence-corrected chi connectivity index (χ0v) is 11.5. The second-order valence-electron chi connectivity index (χ2n) is 4.95. The summed E-state index contributed by atoms with van der Waals surface area (Å²) in [5.74, 6) is -0.750. The summed E-state index contributed by atoms with van der Waals surface area (Å²) in [6.45, 7) is 3.01. The lowest BCUT2D eigenvalue weighted by Crippen LogP contribution is -2.35. The van der Waals surface area contributed by atoms with E-state index in [2.05, 4.69) is 10.3 Å². The molecular weight excluding hydrogens is 248 g/mol. The van der Waals surface area contributed by atoms with Gasteiger partial charge in [0.05, 0.1) is 17.1 Å². The second kappa shape index (κ2) is 6.29. The largest absolute Gasteiger partial charge is 0.481 e. The van der Waals surface area contributed by atoms with E-state index >= 15 is 0 Å². The van der Waals surface area contributed by atoms with Crippen molar-refractivity contribution in [3.8, 4) is 0 Å². The van der Waals surface area contributed by atoms with Crippen LogP contribution >= 0.6 is 11.3 Å².